The molecule has 1 aliphatic heterocycles. The zero-order valence-electron chi connectivity index (χ0n) is 14.5. The van der Waals surface area contributed by atoms with Crippen molar-refractivity contribution in [2.24, 2.45) is 11.8 Å². The number of piperidine rings is 1. The molecule has 0 unspecified atom stereocenters. The van der Waals surface area contributed by atoms with Gasteiger partial charge in [-0.1, -0.05) is 0 Å². The molecule has 140 valence electrons. The quantitative estimate of drug-likeness (QED) is 0.858. The number of carbonyl (C=O) groups is 3. The van der Waals surface area contributed by atoms with Gasteiger partial charge in [0.1, 0.15) is 5.82 Å². The number of nitrogens with one attached hydrogen (secondary N) is 1. The fourth-order valence-electron chi connectivity index (χ4n) is 3.80. The molecule has 1 aromatic carbocycles. The molecule has 2 atom stereocenters. The lowest BCUT2D eigenvalue weighted by Gasteiger charge is -2.34. The molecule has 0 spiro atoms. The van der Waals surface area contributed by atoms with Crippen LogP contribution in [0.5, 0.6) is 0 Å². The molecule has 2 aliphatic rings. The number of halogens is 1. The normalized spacial score (nSPS) is 23.7. The summed E-state index contributed by atoms with van der Waals surface area (Å²) in [6.45, 7) is 1.11. The van der Waals surface area contributed by atoms with E-state index in [1.54, 1.807) is 4.90 Å². The highest BCUT2D eigenvalue weighted by Gasteiger charge is 2.36. The summed E-state index contributed by atoms with van der Waals surface area (Å²) in [5.41, 5.74) is 0.413. The summed E-state index contributed by atoms with van der Waals surface area (Å²) in [5.74, 6) is -2.00. The molecule has 1 saturated heterocycles. The molecule has 3 rings (SSSR count). The van der Waals surface area contributed by atoms with Gasteiger partial charge >= 0.3 is 5.97 Å². The molecule has 2 amide bonds. The van der Waals surface area contributed by atoms with E-state index in [4.69, 9.17) is 5.11 Å². The standard InChI is InChI=1S/C19H23FN2O4/c20-15-5-3-12(4-6-15)17(23)21-16-7-9-22(10-8-16)18(24)13-1-2-14(11-13)19(25)26/h3-6,13-14,16H,1-2,7-11H2,(H,21,23)(H,25,26)/t13-,14+/m0/s1. The van der Waals surface area contributed by atoms with Gasteiger partial charge in [-0.05, 0) is 56.4 Å². The maximum Gasteiger partial charge on any atom is 0.306 e. The Bertz CT molecular complexity index is 683. The van der Waals surface area contributed by atoms with Crippen LogP contribution in [0.4, 0.5) is 4.39 Å². The first-order chi connectivity index (χ1) is 12.4. The zero-order chi connectivity index (χ0) is 18.7. The number of nitrogens with zero attached hydrogens (tertiary/aromatic N) is 1. The molecular formula is C19H23FN2O4. The molecule has 1 heterocycles. The fourth-order valence-corrected chi connectivity index (χ4v) is 3.80. The Labute approximate surface area is 151 Å². The Morgan fingerprint density at radius 3 is 2.19 bits per heavy atom. The first kappa shape index (κ1) is 18.4. The van der Waals surface area contributed by atoms with Gasteiger partial charge < -0.3 is 15.3 Å². The van der Waals surface area contributed by atoms with Crippen molar-refractivity contribution in [2.45, 2.75) is 38.1 Å². The molecule has 2 N–H and O–H groups in total. The monoisotopic (exact) mass is 362 g/mol. The highest BCUT2D eigenvalue weighted by Crippen LogP contribution is 2.33. The van der Waals surface area contributed by atoms with E-state index in [1.807, 2.05) is 0 Å². The van der Waals surface area contributed by atoms with Crippen LogP contribution in [-0.2, 0) is 9.59 Å². The molecule has 1 aromatic rings. The average molecular weight is 362 g/mol. The van der Waals surface area contributed by atoms with Gasteiger partial charge in [0.2, 0.25) is 5.91 Å². The number of rotatable bonds is 4. The summed E-state index contributed by atoms with van der Waals surface area (Å²) in [6, 6.07) is 5.38. The van der Waals surface area contributed by atoms with E-state index < -0.39 is 11.9 Å². The van der Waals surface area contributed by atoms with Crippen molar-refractivity contribution in [3.63, 3.8) is 0 Å². The van der Waals surface area contributed by atoms with Crippen LogP contribution in [0.15, 0.2) is 24.3 Å². The Morgan fingerprint density at radius 2 is 1.62 bits per heavy atom. The van der Waals surface area contributed by atoms with Crippen LogP contribution >= 0.6 is 0 Å². The predicted octanol–water partition coefficient (Wildman–Crippen LogP) is 2.05. The van der Waals surface area contributed by atoms with E-state index in [-0.39, 0.29) is 29.6 Å². The Hall–Kier alpha value is -2.44. The van der Waals surface area contributed by atoms with Crippen molar-refractivity contribution < 1.29 is 23.9 Å². The van der Waals surface area contributed by atoms with E-state index in [0.717, 1.165) is 0 Å². The lowest BCUT2D eigenvalue weighted by Crippen LogP contribution is -2.47. The van der Waals surface area contributed by atoms with Crippen LogP contribution in [0.3, 0.4) is 0 Å². The van der Waals surface area contributed by atoms with Crippen LogP contribution in [0, 0.1) is 17.7 Å². The molecule has 0 bridgehead atoms. The van der Waals surface area contributed by atoms with Crippen LogP contribution in [0.1, 0.15) is 42.5 Å². The van der Waals surface area contributed by atoms with Crippen molar-refractivity contribution in [1.29, 1.82) is 0 Å². The number of hydrogen-bond donors (Lipinski definition) is 2. The SMILES string of the molecule is O=C(NC1CCN(C(=O)[C@H]2CC[C@@H](C(=O)O)C2)CC1)c1ccc(F)cc1. The van der Waals surface area contributed by atoms with E-state index in [1.165, 1.54) is 24.3 Å². The van der Waals surface area contributed by atoms with E-state index >= 15 is 0 Å². The van der Waals surface area contributed by atoms with Gasteiger partial charge in [0.05, 0.1) is 5.92 Å². The Balaban J connectivity index is 1.47. The van der Waals surface area contributed by atoms with Crippen LogP contribution in [0.25, 0.3) is 0 Å². The number of benzene rings is 1. The molecule has 7 heteroatoms. The molecule has 6 nitrogen and oxygen atoms in total. The Kier molecular flexibility index (Phi) is 5.54. The maximum absolute atomic E-state index is 12.9. The van der Waals surface area contributed by atoms with Gasteiger partial charge in [-0.25, -0.2) is 4.39 Å². The highest BCUT2D eigenvalue weighted by molar-refractivity contribution is 5.94. The maximum atomic E-state index is 12.9. The smallest absolute Gasteiger partial charge is 0.306 e. The molecular weight excluding hydrogens is 339 g/mol. The van der Waals surface area contributed by atoms with Gasteiger partial charge in [0, 0.05) is 30.6 Å². The van der Waals surface area contributed by atoms with Gasteiger partial charge in [0.15, 0.2) is 0 Å². The van der Waals surface area contributed by atoms with Crippen LogP contribution < -0.4 is 5.32 Å². The summed E-state index contributed by atoms with van der Waals surface area (Å²) in [4.78, 5) is 37.6. The molecule has 2 fully saturated rings. The minimum Gasteiger partial charge on any atom is -0.481 e. The lowest BCUT2D eigenvalue weighted by molar-refractivity contribution is -0.141. The van der Waals surface area contributed by atoms with Crippen molar-refractivity contribution in [3.05, 3.63) is 35.6 Å². The number of aliphatic carboxylic acids is 1. The number of likely N-dealkylation sites (tertiary alicyclic amines) is 1. The van der Waals surface area contributed by atoms with Gasteiger partial charge in [0.25, 0.3) is 5.91 Å². The minimum atomic E-state index is -0.817. The van der Waals surface area contributed by atoms with E-state index in [2.05, 4.69) is 5.32 Å². The van der Waals surface area contributed by atoms with Gasteiger partial charge in [-0.3, -0.25) is 14.4 Å². The number of hydrogen-bond acceptors (Lipinski definition) is 3. The van der Waals surface area contributed by atoms with Crippen molar-refractivity contribution in [1.82, 2.24) is 10.2 Å². The van der Waals surface area contributed by atoms with Gasteiger partial charge in [-0.2, -0.15) is 0 Å². The second kappa shape index (κ2) is 7.85. The van der Waals surface area contributed by atoms with Crippen molar-refractivity contribution in [2.75, 3.05) is 13.1 Å². The largest absolute Gasteiger partial charge is 0.481 e. The first-order valence-electron chi connectivity index (χ1n) is 9.02. The minimum absolute atomic E-state index is 0.0213. The Morgan fingerprint density at radius 1 is 1.00 bits per heavy atom. The molecule has 1 aliphatic carbocycles. The summed E-state index contributed by atoms with van der Waals surface area (Å²) in [5, 5.41) is 12.0. The second-order valence-corrected chi connectivity index (χ2v) is 7.13. The van der Waals surface area contributed by atoms with Crippen molar-refractivity contribution in [3.8, 4) is 0 Å². The zero-order valence-corrected chi connectivity index (χ0v) is 14.5. The third kappa shape index (κ3) is 4.20. The van der Waals surface area contributed by atoms with Crippen LogP contribution in [-0.4, -0.2) is 46.9 Å². The third-order valence-corrected chi connectivity index (χ3v) is 5.38. The molecule has 0 radical (unpaired) electrons. The molecule has 26 heavy (non-hydrogen) atoms. The van der Waals surface area contributed by atoms with E-state index in [9.17, 15) is 18.8 Å². The van der Waals surface area contributed by atoms with Gasteiger partial charge in [-0.15, -0.1) is 0 Å². The average Bonchev–Trinajstić information content (AvgIpc) is 3.13. The van der Waals surface area contributed by atoms with Crippen LogP contribution in [0.2, 0.25) is 0 Å². The topological polar surface area (TPSA) is 86.7 Å². The fraction of sp³-hybridized carbons (Fsp3) is 0.526. The third-order valence-electron chi connectivity index (χ3n) is 5.38. The highest BCUT2D eigenvalue weighted by atomic mass is 19.1. The summed E-state index contributed by atoms with van der Waals surface area (Å²) in [6.07, 6.45) is 2.95. The summed E-state index contributed by atoms with van der Waals surface area (Å²) < 4.78 is 12.9. The molecule has 0 aromatic heterocycles. The van der Waals surface area contributed by atoms with E-state index in [0.29, 0.717) is 50.8 Å². The number of amides is 2. The summed E-state index contributed by atoms with van der Waals surface area (Å²) in [7, 11) is 0. The molecule has 1 saturated carbocycles. The van der Waals surface area contributed by atoms with Crippen molar-refractivity contribution >= 4 is 17.8 Å². The lowest BCUT2D eigenvalue weighted by atomic mass is 9.99. The number of carbonyl (C=O) groups excluding carboxylic acids is 2. The number of carboxylic acid groups (broad SMARTS) is 1. The second-order valence-electron chi connectivity index (χ2n) is 7.13. The number of carboxylic acids is 1. The summed E-state index contributed by atoms with van der Waals surface area (Å²) >= 11 is 0. The first-order valence-corrected chi connectivity index (χ1v) is 9.02. The predicted molar refractivity (Wildman–Crippen MR) is 91.9 cm³/mol.